The van der Waals surface area contributed by atoms with E-state index >= 15 is 0 Å². The molecular weight excluding hydrogens is 376 g/mol. The van der Waals surface area contributed by atoms with Crippen molar-refractivity contribution in [1.82, 2.24) is 15.7 Å². The molecule has 0 spiro atoms. The number of carbonyl (C=O) groups is 2. The molecule has 9 nitrogen and oxygen atoms in total. The lowest BCUT2D eigenvalue weighted by molar-refractivity contribution is -0.137. The zero-order valence-corrected chi connectivity index (χ0v) is 18.2. The van der Waals surface area contributed by atoms with Crippen LogP contribution in [0.3, 0.4) is 0 Å². The minimum Gasteiger partial charge on any atom is -0.481 e. The molecule has 2 aliphatic heterocycles. The third-order valence-corrected chi connectivity index (χ3v) is 3.69. The standard InChI is InChI=1S/C15H20N4O4.2C2H6.CH4O/c1-16-13-8-11(4-7-15(21)22)17-12-5-2-10(9-19(12)13)3-6-14(20)18-23;3*1-2/h2-3,5-6,9,11,13,16,23H,4,7-8H2,1H3,(H,18,20)(H,21,22);2*1-2H3;2H,1H3/b6-3+;;;. The molecule has 0 saturated heterocycles. The second-order valence-electron chi connectivity index (χ2n) is 5.29. The van der Waals surface area contributed by atoms with E-state index in [1.54, 1.807) is 6.08 Å². The molecule has 2 rings (SSSR count). The van der Waals surface area contributed by atoms with Crippen molar-refractivity contribution in [3.8, 4) is 0 Å². The van der Waals surface area contributed by atoms with Crippen LogP contribution < -0.4 is 10.8 Å². The third kappa shape index (κ3) is 10.6. The van der Waals surface area contributed by atoms with Crippen molar-refractivity contribution < 1.29 is 25.0 Å². The van der Waals surface area contributed by atoms with E-state index in [0.717, 1.165) is 18.5 Å². The van der Waals surface area contributed by atoms with Crippen LogP contribution in [0.2, 0.25) is 0 Å². The van der Waals surface area contributed by atoms with Gasteiger partial charge < -0.3 is 15.1 Å². The number of rotatable bonds is 6. The molecule has 2 heterocycles. The Morgan fingerprint density at radius 3 is 2.38 bits per heavy atom. The molecule has 0 aromatic carbocycles. The molecule has 0 fully saturated rings. The van der Waals surface area contributed by atoms with Crippen LogP contribution in [-0.4, -0.2) is 64.4 Å². The highest BCUT2D eigenvalue weighted by Gasteiger charge is 2.28. The molecule has 0 saturated carbocycles. The van der Waals surface area contributed by atoms with Crippen LogP contribution in [0, 0.1) is 0 Å². The van der Waals surface area contributed by atoms with Gasteiger partial charge in [-0.25, -0.2) is 5.48 Å². The fraction of sp³-hybridized carbons (Fsp3) is 0.550. The van der Waals surface area contributed by atoms with Gasteiger partial charge >= 0.3 is 5.97 Å². The number of carbonyl (C=O) groups excluding carboxylic acids is 1. The van der Waals surface area contributed by atoms with Gasteiger partial charge in [0.15, 0.2) is 0 Å². The number of hydrogen-bond donors (Lipinski definition) is 5. The molecule has 0 aromatic heterocycles. The number of aliphatic hydroxyl groups is 1. The van der Waals surface area contributed by atoms with Crippen molar-refractivity contribution in [1.29, 1.82) is 0 Å². The first-order valence-electron chi connectivity index (χ1n) is 9.75. The summed E-state index contributed by atoms with van der Waals surface area (Å²) in [7, 11) is 2.84. The number of fused-ring (bicyclic) bond motifs is 1. The quantitative estimate of drug-likeness (QED) is 0.256. The molecule has 2 atom stereocenters. The number of aliphatic hydroxyl groups excluding tert-OH is 1. The first kappa shape index (κ1) is 28.7. The zero-order valence-electron chi connectivity index (χ0n) is 18.2. The number of nitrogens with zero attached hydrogens (tertiary/aromatic N) is 2. The first-order chi connectivity index (χ1) is 14.0. The third-order valence-electron chi connectivity index (χ3n) is 3.69. The molecule has 0 radical (unpaired) electrons. The van der Waals surface area contributed by atoms with Crippen molar-refractivity contribution in [2.75, 3.05) is 14.2 Å². The summed E-state index contributed by atoms with van der Waals surface area (Å²) >= 11 is 0. The van der Waals surface area contributed by atoms with E-state index < -0.39 is 11.9 Å². The van der Waals surface area contributed by atoms with Crippen LogP contribution in [0.5, 0.6) is 0 Å². The van der Waals surface area contributed by atoms with Crippen molar-refractivity contribution in [3.63, 3.8) is 0 Å². The van der Waals surface area contributed by atoms with Gasteiger partial charge in [-0.15, -0.1) is 0 Å². The monoisotopic (exact) mass is 412 g/mol. The maximum Gasteiger partial charge on any atom is 0.303 e. The molecule has 0 aliphatic carbocycles. The van der Waals surface area contributed by atoms with Gasteiger partial charge in [-0.05, 0) is 37.3 Å². The van der Waals surface area contributed by atoms with Crippen LogP contribution >= 0.6 is 0 Å². The van der Waals surface area contributed by atoms with Crippen LogP contribution in [0.25, 0.3) is 0 Å². The van der Waals surface area contributed by atoms with E-state index in [4.69, 9.17) is 15.4 Å². The zero-order chi connectivity index (χ0) is 22.8. The number of allylic oxidation sites excluding steroid dienone is 3. The van der Waals surface area contributed by atoms with Crippen LogP contribution in [-0.2, 0) is 9.59 Å². The number of hydrogen-bond acceptors (Lipinski definition) is 7. The SMILES string of the molecule is CC.CC.CNC1CC(CCC(=O)O)N=C2C=CC(/C=C/C(=O)NO)=CN21.CO. The molecule has 0 aromatic rings. The first-order valence-corrected chi connectivity index (χ1v) is 9.75. The smallest absolute Gasteiger partial charge is 0.303 e. The summed E-state index contributed by atoms with van der Waals surface area (Å²) in [6, 6.07) is -0.0369. The number of carboxylic acid groups (broad SMARTS) is 1. The average molecular weight is 413 g/mol. The Balaban J connectivity index is 0. The molecule has 9 heteroatoms. The molecule has 1 amide bonds. The van der Waals surface area contributed by atoms with Crippen molar-refractivity contribution in [2.45, 2.75) is 59.2 Å². The van der Waals surface area contributed by atoms with Gasteiger partial charge in [0.05, 0.1) is 12.2 Å². The molecule has 5 N–H and O–H groups in total. The fourth-order valence-electron chi connectivity index (χ4n) is 2.53. The van der Waals surface area contributed by atoms with Crippen molar-refractivity contribution in [2.24, 2.45) is 4.99 Å². The van der Waals surface area contributed by atoms with E-state index in [-0.39, 0.29) is 18.6 Å². The Hall–Kier alpha value is -2.49. The van der Waals surface area contributed by atoms with Crippen LogP contribution in [0.15, 0.2) is 41.1 Å². The summed E-state index contributed by atoms with van der Waals surface area (Å²) < 4.78 is 0. The molecule has 29 heavy (non-hydrogen) atoms. The van der Waals surface area contributed by atoms with E-state index in [1.807, 2.05) is 58.0 Å². The Morgan fingerprint density at radius 1 is 1.24 bits per heavy atom. The highest BCUT2D eigenvalue weighted by molar-refractivity contribution is 5.96. The number of amides is 1. The summed E-state index contributed by atoms with van der Waals surface area (Å²) in [6.45, 7) is 8.00. The van der Waals surface area contributed by atoms with Gasteiger partial charge in [-0.2, -0.15) is 0 Å². The van der Waals surface area contributed by atoms with E-state index in [9.17, 15) is 9.59 Å². The normalized spacial score (nSPS) is 19.1. The van der Waals surface area contributed by atoms with Gasteiger partial charge in [0.1, 0.15) is 5.84 Å². The van der Waals surface area contributed by atoms with E-state index in [0.29, 0.717) is 12.8 Å². The number of aliphatic carboxylic acids is 1. The average Bonchev–Trinajstić information content (AvgIpc) is 2.79. The Bertz CT molecular complexity index is 600. The molecule has 2 aliphatic rings. The van der Waals surface area contributed by atoms with E-state index in [1.165, 1.54) is 11.6 Å². The largest absolute Gasteiger partial charge is 0.481 e. The summed E-state index contributed by atoms with van der Waals surface area (Å²) in [5.41, 5.74) is 2.32. The summed E-state index contributed by atoms with van der Waals surface area (Å²) in [4.78, 5) is 28.3. The lowest BCUT2D eigenvalue weighted by Gasteiger charge is -2.38. The summed E-state index contributed by atoms with van der Waals surface area (Å²) in [5, 5.41) is 27.5. The second-order valence-corrected chi connectivity index (χ2v) is 5.29. The Kier molecular flexibility index (Phi) is 17.4. The topological polar surface area (TPSA) is 134 Å². The molecule has 166 valence electrons. The minimum atomic E-state index is -0.817. The maximum atomic E-state index is 11.0. The van der Waals surface area contributed by atoms with Gasteiger partial charge in [0.2, 0.25) is 0 Å². The fourth-order valence-corrected chi connectivity index (χ4v) is 2.53. The highest BCUT2D eigenvalue weighted by Crippen LogP contribution is 2.24. The second kappa shape index (κ2) is 17.6. The highest BCUT2D eigenvalue weighted by atomic mass is 16.5. The Labute approximate surface area is 173 Å². The minimum absolute atomic E-state index is 0.00122. The van der Waals surface area contributed by atoms with Crippen molar-refractivity contribution in [3.05, 3.63) is 36.1 Å². The molecular formula is C20H36N4O5. The lowest BCUT2D eigenvalue weighted by atomic mass is 10.0. The summed E-state index contributed by atoms with van der Waals surface area (Å²) in [6.07, 6.45) is 9.61. The van der Waals surface area contributed by atoms with Gasteiger partial charge in [0.25, 0.3) is 5.91 Å². The molecule has 0 bridgehead atoms. The Morgan fingerprint density at radius 2 is 1.86 bits per heavy atom. The number of aliphatic imine (C=N–C) groups is 1. The number of amidine groups is 1. The van der Waals surface area contributed by atoms with E-state index in [2.05, 4.69) is 10.3 Å². The summed E-state index contributed by atoms with van der Waals surface area (Å²) in [5.74, 6) is -0.659. The lowest BCUT2D eigenvalue weighted by Crippen LogP contribution is -2.49. The van der Waals surface area contributed by atoms with Crippen LogP contribution in [0.4, 0.5) is 0 Å². The van der Waals surface area contributed by atoms with Crippen molar-refractivity contribution >= 4 is 17.7 Å². The number of nitrogens with one attached hydrogen (secondary N) is 2. The number of hydroxylamine groups is 1. The predicted octanol–water partition coefficient (Wildman–Crippen LogP) is 2.05. The maximum absolute atomic E-state index is 11.0. The van der Waals surface area contributed by atoms with Gasteiger partial charge in [0, 0.05) is 32.2 Å². The van der Waals surface area contributed by atoms with Gasteiger partial charge in [-0.1, -0.05) is 27.7 Å². The molecule has 2 unspecified atom stereocenters. The van der Waals surface area contributed by atoms with Gasteiger partial charge in [-0.3, -0.25) is 25.1 Å². The van der Waals surface area contributed by atoms with Crippen LogP contribution in [0.1, 0.15) is 47.0 Å². The predicted molar refractivity (Wildman–Crippen MR) is 115 cm³/mol. The number of carboxylic acids is 1.